The Labute approximate surface area is 162 Å². The third kappa shape index (κ3) is 6.54. The molecule has 1 aromatic carbocycles. The maximum atomic E-state index is 10.1. The highest BCUT2D eigenvalue weighted by Crippen LogP contribution is 2.44. The lowest BCUT2D eigenvalue weighted by Gasteiger charge is -2.20. The summed E-state index contributed by atoms with van der Waals surface area (Å²) < 4.78 is 5.41. The van der Waals surface area contributed by atoms with Gasteiger partial charge in [0.25, 0.3) is 0 Å². The van der Waals surface area contributed by atoms with Gasteiger partial charge in [-0.2, -0.15) is 0 Å². The van der Waals surface area contributed by atoms with Crippen LogP contribution < -0.4 is 10.2 Å². The van der Waals surface area contributed by atoms with Gasteiger partial charge in [0.05, 0.1) is 10.8 Å². The van der Waals surface area contributed by atoms with E-state index in [-0.39, 0.29) is 5.41 Å². The minimum absolute atomic E-state index is 0.333. The van der Waals surface area contributed by atoms with Gasteiger partial charge in [-0.3, -0.25) is 4.79 Å². The third-order valence-electron chi connectivity index (χ3n) is 4.61. The van der Waals surface area contributed by atoms with Crippen molar-refractivity contribution < 1.29 is 14.4 Å². The van der Waals surface area contributed by atoms with Crippen LogP contribution in [0.15, 0.2) is 22.7 Å². The summed E-state index contributed by atoms with van der Waals surface area (Å²) in [5.74, 6) is 0.304. The molecule has 1 fully saturated rings. The first kappa shape index (κ1) is 23.0. The predicted molar refractivity (Wildman–Crippen MR) is 112 cm³/mol. The monoisotopic (exact) mass is 377 g/mol. The largest absolute Gasteiger partial charge is 0.481 e. The van der Waals surface area contributed by atoms with E-state index in [1.54, 1.807) is 6.92 Å². The molecule has 1 aliphatic carbocycles. The van der Waals surface area contributed by atoms with E-state index in [1.807, 2.05) is 19.9 Å². The lowest BCUT2D eigenvalue weighted by molar-refractivity contribution is -0.142. The number of aromatic nitrogens is 1. The van der Waals surface area contributed by atoms with Crippen molar-refractivity contribution >= 4 is 22.8 Å². The normalized spacial score (nSPS) is 13.9. The zero-order valence-electron chi connectivity index (χ0n) is 17.6. The summed E-state index contributed by atoms with van der Waals surface area (Å²) in [5, 5.41) is 17.0. The molecule has 0 unspecified atom stereocenters. The summed E-state index contributed by atoms with van der Waals surface area (Å²) in [4.78, 5) is 12.3. The topological polar surface area (TPSA) is 78.6 Å². The number of nitrogens with one attached hydrogen (secondary N) is 1. The number of fused-ring (bicyclic) bond motifs is 1. The van der Waals surface area contributed by atoms with Crippen molar-refractivity contribution in [1.29, 1.82) is 0 Å². The number of nitrogens with zero attached hydrogens (tertiary/aromatic N) is 2. The highest BCUT2D eigenvalue weighted by molar-refractivity contribution is 5.88. The molecule has 0 atom stereocenters. The number of carboxylic acids is 1. The molecule has 152 valence electrons. The first-order valence-electron chi connectivity index (χ1n) is 9.96. The van der Waals surface area contributed by atoms with E-state index in [2.05, 4.69) is 48.3 Å². The Bertz CT molecular complexity index is 708. The van der Waals surface area contributed by atoms with Gasteiger partial charge in [-0.05, 0) is 57.9 Å². The molecule has 1 heterocycles. The lowest BCUT2D eigenvalue weighted by atomic mass is 10.2. The first-order valence-corrected chi connectivity index (χ1v) is 9.96. The van der Waals surface area contributed by atoms with Gasteiger partial charge in [-0.25, -0.2) is 0 Å². The number of anilines is 1. The van der Waals surface area contributed by atoms with Crippen LogP contribution >= 0.6 is 0 Å². The van der Waals surface area contributed by atoms with Gasteiger partial charge in [-0.15, -0.1) is 0 Å². The number of hydrogen-bond acceptors (Lipinski definition) is 5. The Morgan fingerprint density at radius 1 is 1.33 bits per heavy atom. The Morgan fingerprint density at radius 3 is 2.48 bits per heavy atom. The van der Waals surface area contributed by atoms with Crippen LogP contribution in [0.3, 0.4) is 0 Å². The van der Waals surface area contributed by atoms with Gasteiger partial charge >= 0.3 is 5.97 Å². The van der Waals surface area contributed by atoms with Gasteiger partial charge in [0.15, 0.2) is 11.4 Å². The number of aryl methyl sites for hydroxylation is 1. The molecular formula is C21H35N3O3. The van der Waals surface area contributed by atoms with Crippen molar-refractivity contribution in [3.8, 4) is 0 Å². The second kappa shape index (κ2) is 10.9. The summed E-state index contributed by atoms with van der Waals surface area (Å²) in [6.07, 6.45) is 1.73. The molecule has 0 saturated heterocycles. The standard InChI is InChI=1S/C14H21N3O.C5H8O2.C2H6/c1-4-15-8-9-17(5-2)14-12-7-6-11(3)10-13(12)18-16-14;1-5(2-3-5)4(6)7;1-2/h6-7,10,15H,4-5,8-9H2,1-3H3;2-3H2,1H3,(H,6,7);1-2H3. The molecule has 6 nitrogen and oxygen atoms in total. The number of hydrogen-bond donors (Lipinski definition) is 2. The average Bonchev–Trinajstić information content (AvgIpc) is 3.30. The fourth-order valence-electron chi connectivity index (χ4n) is 2.47. The zero-order valence-corrected chi connectivity index (χ0v) is 17.6. The van der Waals surface area contributed by atoms with E-state index in [1.165, 1.54) is 5.56 Å². The van der Waals surface area contributed by atoms with Crippen LogP contribution in [0.1, 0.15) is 53.0 Å². The van der Waals surface area contributed by atoms with Crippen LogP contribution in [0.5, 0.6) is 0 Å². The van der Waals surface area contributed by atoms with Crippen molar-refractivity contribution in [2.75, 3.05) is 31.1 Å². The summed E-state index contributed by atoms with van der Waals surface area (Å²) in [6, 6.07) is 6.22. The molecule has 0 aliphatic heterocycles. The highest BCUT2D eigenvalue weighted by Gasteiger charge is 2.44. The summed E-state index contributed by atoms with van der Waals surface area (Å²) in [6.45, 7) is 15.9. The van der Waals surface area contributed by atoms with Gasteiger partial charge in [-0.1, -0.05) is 32.0 Å². The van der Waals surface area contributed by atoms with Crippen LogP contribution in [-0.2, 0) is 4.79 Å². The molecule has 6 heteroatoms. The van der Waals surface area contributed by atoms with Crippen LogP contribution in [-0.4, -0.2) is 42.4 Å². The average molecular weight is 378 g/mol. The fourth-order valence-corrected chi connectivity index (χ4v) is 2.47. The molecule has 1 aliphatic rings. The number of aliphatic carboxylic acids is 1. The highest BCUT2D eigenvalue weighted by atomic mass is 16.5. The number of rotatable bonds is 7. The second-order valence-electron chi connectivity index (χ2n) is 6.80. The molecule has 0 spiro atoms. The Hall–Kier alpha value is -2.08. The first-order chi connectivity index (χ1) is 12.9. The summed E-state index contributed by atoms with van der Waals surface area (Å²) in [5.41, 5.74) is 1.73. The van der Waals surface area contributed by atoms with Crippen LogP contribution in [0, 0.1) is 12.3 Å². The van der Waals surface area contributed by atoms with Gasteiger partial charge in [0.2, 0.25) is 0 Å². The Kier molecular flexibility index (Phi) is 9.29. The van der Waals surface area contributed by atoms with Crippen LogP contribution in [0.25, 0.3) is 11.0 Å². The molecular weight excluding hydrogens is 342 g/mol. The molecule has 3 rings (SSSR count). The van der Waals surface area contributed by atoms with Crippen LogP contribution in [0.4, 0.5) is 5.82 Å². The van der Waals surface area contributed by atoms with E-state index in [4.69, 9.17) is 9.63 Å². The number of carboxylic acid groups (broad SMARTS) is 1. The minimum atomic E-state index is -0.646. The smallest absolute Gasteiger partial charge is 0.309 e. The lowest BCUT2D eigenvalue weighted by Crippen LogP contribution is -2.32. The maximum absolute atomic E-state index is 10.1. The van der Waals surface area contributed by atoms with E-state index in [0.29, 0.717) is 0 Å². The summed E-state index contributed by atoms with van der Waals surface area (Å²) in [7, 11) is 0. The Balaban J connectivity index is 0.000000338. The molecule has 2 aromatic rings. The molecule has 0 amide bonds. The molecule has 27 heavy (non-hydrogen) atoms. The number of benzene rings is 1. The maximum Gasteiger partial charge on any atom is 0.309 e. The van der Waals surface area contributed by atoms with E-state index >= 15 is 0 Å². The van der Waals surface area contributed by atoms with Gasteiger partial charge in [0.1, 0.15) is 0 Å². The number of carbonyl (C=O) groups is 1. The van der Waals surface area contributed by atoms with E-state index in [9.17, 15) is 4.79 Å². The Morgan fingerprint density at radius 2 is 2.00 bits per heavy atom. The van der Waals surface area contributed by atoms with E-state index in [0.717, 1.165) is 55.8 Å². The van der Waals surface area contributed by atoms with Crippen molar-refractivity contribution in [3.05, 3.63) is 23.8 Å². The molecule has 2 N–H and O–H groups in total. The molecule has 0 radical (unpaired) electrons. The predicted octanol–water partition coefficient (Wildman–Crippen LogP) is 4.47. The quantitative estimate of drug-likeness (QED) is 0.693. The SMILES string of the molecule is CC.CC1(C(=O)O)CC1.CCNCCN(CC)c1noc2cc(C)ccc12. The fraction of sp³-hybridized carbons (Fsp3) is 0.619. The zero-order chi connectivity index (χ0) is 20.4. The van der Waals surface area contributed by atoms with E-state index < -0.39 is 5.97 Å². The minimum Gasteiger partial charge on any atom is -0.481 e. The van der Waals surface area contributed by atoms with Crippen molar-refractivity contribution in [2.24, 2.45) is 5.41 Å². The van der Waals surface area contributed by atoms with Crippen LogP contribution in [0.2, 0.25) is 0 Å². The van der Waals surface area contributed by atoms with Gasteiger partial charge in [0, 0.05) is 19.6 Å². The number of likely N-dealkylation sites (N-methyl/N-ethyl adjacent to an activating group) is 2. The van der Waals surface area contributed by atoms with Crippen molar-refractivity contribution in [2.45, 2.75) is 54.4 Å². The van der Waals surface area contributed by atoms with Crippen molar-refractivity contribution in [3.63, 3.8) is 0 Å². The van der Waals surface area contributed by atoms with Crippen molar-refractivity contribution in [1.82, 2.24) is 10.5 Å². The van der Waals surface area contributed by atoms with Gasteiger partial charge < -0.3 is 19.8 Å². The third-order valence-corrected chi connectivity index (χ3v) is 4.61. The molecule has 1 saturated carbocycles. The summed E-state index contributed by atoms with van der Waals surface area (Å²) >= 11 is 0. The molecule has 1 aromatic heterocycles. The second-order valence-corrected chi connectivity index (χ2v) is 6.80. The molecule has 0 bridgehead atoms.